The van der Waals surface area contributed by atoms with Crippen LogP contribution in [0.1, 0.15) is 109 Å². The number of H-pyrrole nitrogens is 2. The van der Waals surface area contributed by atoms with Crippen LogP contribution in [-0.2, 0) is 92.8 Å². The Labute approximate surface area is 615 Å². The second-order valence-electron chi connectivity index (χ2n) is 26.9. The molecule has 5 rings (SSSR count). The predicted octanol–water partition coefficient (Wildman–Crippen LogP) is -3.39. The standard InChI is InChI=1S/C71H98N16O20/c1-35(2)25-46(72)61(96)86-58(38(6)89)69(104)84-52(27-40-13-9-8-10-14-40)65(100)79-49(22-24-57(93)94)63(98)83-54(30-43-32-74-34-76-43)67(102)81-51(28-41-17-19-44(91)20-18-41)66(101)82-53(29-42-31-75-47-16-12-11-15-45(42)47)64(99)77-37(5)60(95)78-48(21-23-56(73)92)62(97)80-50(26-36(3)4)68(103)87-59(39(7)90)70(105)85-55(33-88)71(106)107/h8-20,31-32,34-39,46,48-55,58-59,75,88-91H,21-30,33,72H2,1-7H3,(H2,73,92)(H,74,76)(H,77,99)(H,78,95)(H,79,100)(H,80,97)(H,81,102)(H,82,101)(H,83,98)(H,84,104)(H,85,105)(H,86,96)(H,87,103)(H,93,94)(H,106,107)/t37-,38+,39+,46-,48-,49-,50-,51-,52-,53-,54-,55-,58-,59-/m0/s1. The number of hydrogen-bond acceptors (Lipinski definition) is 20. The number of hydrogen-bond donors (Lipinski definition) is 21. The lowest BCUT2D eigenvalue weighted by Gasteiger charge is -2.28. The van der Waals surface area contributed by atoms with Gasteiger partial charge in [-0.05, 0) is 93.2 Å². The minimum Gasteiger partial charge on any atom is -0.508 e. The number of aromatic amines is 2. The van der Waals surface area contributed by atoms with Gasteiger partial charge in [0, 0.05) is 67.5 Å². The van der Waals surface area contributed by atoms with Gasteiger partial charge in [-0.25, -0.2) is 9.78 Å². The van der Waals surface area contributed by atoms with Crippen molar-refractivity contribution < 1.29 is 97.8 Å². The molecule has 0 fully saturated rings. The van der Waals surface area contributed by atoms with Gasteiger partial charge in [0.1, 0.15) is 72.2 Å². The molecule has 12 amide bonds. The highest BCUT2D eigenvalue weighted by atomic mass is 16.4. The quantitative estimate of drug-likeness (QED) is 0.0181. The van der Waals surface area contributed by atoms with Crippen LogP contribution in [0.25, 0.3) is 10.9 Å². The number of amides is 12. The lowest BCUT2D eigenvalue weighted by Crippen LogP contribution is -2.62. The Morgan fingerprint density at radius 2 is 0.897 bits per heavy atom. The van der Waals surface area contributed by atoms with E-state index in [0.29, 0.717) is 27.6 Å². The molecule has 0 aliphatic carbocycles. The molecule has 23 N–H and O–H groups in total. The molecule has 3 aromatic carbocycles. The van der Waals surface area contributed by atoms with Gasteiger partial charge >= 0.3 is 11.9 Å². The number of carboxylic acids is 2. The largest absolute Gasteiger partial charge is 0.508 e. The minimum atomic E-state index is -1.81. The molecule has 107 heavy (non-hydrogen) atoms. The van der Waals surface area contributed by atoms with E-state index in [1.54, 1.807) is 74.6 Å². The monoisotopic (exact) mass is 1490 g/mol. The number of primary amides is 1. The average Bonchev–Trinajstić information content (AvgIpc) is 1.74. The van der Waals surface area contributed by atoms with E-state index in [2.05, 4.69) is 68.1 Å². The summed E-state index contributed by atoms with van der Waals surface area (Å²) < 4.78 is 0. The van der Waals surface area contributed by atoms with Gasteiger partial charge in [-0.3, -0.25) is 62.3 Å². The van der Waals surface area contributed by atoms with E-state index >= 15 is 9.59 Å². The van der Waals surface area contributed by atoms with E-state index < -0.39 is 206 Å². The van der Waals surface area contributed by atoms with Crippen LogP contribution >= 0.6 is 0 Å². The van der Waals surface area contributed by atoms with Crippen molar-refractivity contribution in [3.8, 4) is 5.75 Å². The number of fused-ring (bicyclic) bond motifs is 1. The molecule has 0 radical (unpaired) electrons. The normalized spacial score (nSPS) is 15.2. The first-order valence-corrected chi connectivity index (χ1v) is 34.7. The number of aromatic hydroxyl groups is 1. The molecule has 0 saturated heterocycles. The highest BCUT2D eigenvalue weighted by Gasteiger charge is 2.39. The molecule has 0 saturated carbocycles. The van der Waals surface area contributed by atoms with E-state index in [1.165, 1.54) is 50.6 Å². The third-order valence-electron chi connectivity index (χ3n) is 16.9. The number of phenols is 1. The molecule has 36 nitrogen and oxygen atoms in total. The average molecular weight is 1500 g/mol. The maximum atomic E-state index is 15.2. The number of nitrogens with zero attached hydrogens (tertiary/aromatic N) is 1. The van der Waals surface area contributed by atoms with Crippen molar-refractivity contribution in [3.63, 3.8) is 0 Å². The zero-order valence-corrected chi connectivity index (χ0v) is 60.3. The molecule has 0 bridgehead atoms. The Morgan fingerprint density at radius 1 is 0.458 bits per heavy atom. The zero-order chi connectivity index (χ0) is 79.4. The summed E-state index contributed by atoms with van der Waals surface area (Å²) in [5.74, 6) is -15.9. The Kier molecular flexibility index (Phi) is 33.8. The summed E-state index contributed by atoms with van der Waals surface area (Å²) in [6.07, 6.45) is -2.54. The first-order chi connectivity index (χ1) is 50.5. The first-order valence-electron chi connectivity index (χ1n) is 34.7. The number of aliphatic hydroxyl groups is 3. The number of aliphatic carboxylic acids is 2. The summed E-state index contributed by atoms with van der Waals surface area (Å²) in [7, 11) is 0. The fraction of sp³-hybridized carbons (Fsp3) is 0.479. The lowest BCUT2D eigenvalue weighted by atomic mass is 10.0. The summed E-state index contributed by atoms with van der Waals surface area (Å²) in [6, 6.07) is 1.16. The molecular weight excluding hydrogens is 1400 g/mol. The number of benzene rings is 3. The van der Waals surface area contributed by atoms with Crippen LogP contribution in [-0.4, -0.2) is 220 Å². The SMILES string of the molecule is CC(C)C[C@H](NC(=O)[C@H](CCC(N)=O)NC(=O)[C@H](C)NC(=O)[C@H](Cc1c[nH]c2ccccc12)NC(=O)[C@H](Cc1ccc(O)cc1)NC(=O)[C@H](Cc1cnc[nH]1)NC(=O)[C@H](CCC(=O)O)NC(=O)[C@H](Cc1ccccc1)NC(=O)[C@@H](NC(=O)[C@@H](N)CC(C)C)[C@@H](C)O)C(=O)N[C@H](C(=O)N[C@@H](CO)C(=O)O)[C@@H](C)O. The van der Waals surface area contributed by atoms with Crippen molar-refractivity contribution in [1.29, 1.82) is 0 Å². The van der Waals surface area contributed by atoms with Gasteiger partial charge in [0.25, 0.3) is 0 Å². The second kappa shape index (κ2) is 41.9. The Morgan fingerprint density at radius 3 is 1.40 bits per heavy atom. The maximum Gasteiger partial charge on any atom is 0.328 e. The summed E-state index contributed by atoms with van der Waals surface area (Å²) in [5.41, 5.74) is 13.7. The fourth-order valence-corrected chi connectivity index (χ4v) is 11.2. The maximum absolute atomic E-state index is 15.2. The summed E-state index contributed by atoms with van der Waals surface area (Å²) in [4.78, 5) is 203. The van der Waals surface area contributed by atoms with E-state index in [4.69, 9.17) is 11.5 Å². The van der Waals surface area contributed by atoms with Crippen LogP contribution < -0.4 is 70.0 Å². The lowest BCUT2D eigenvalue weighted by molar-refractivity contribution is -0.144. The van der Waals surface area contributed by atoms with Gasteiger partial charge in [-0.2, -0.15) is 0 Å². The van der Waals surface area contributed by atoms with E-state index in [9.17, 15) is 88.2 Å². The number of nitrogens with one attached hydrogen (secondary N) is 13. The number of aliphatic hydroxyl groups excluding tert-OH is 3. The van der Waals surface area contributed by atoms with Gasteiger partial charge < -0.3 is 111 Å². The third-order valence-corrected chi connectivity index (χ3v) is 16.9. The minimum absolute atomic E-state index is 0.0192. The van der Waals surface area contributed by atoms with Gasteiger partial charge in [0.15, 0.2) is 0 Å². The van der Waals surface area contributed by atoms with Gasteiger partial charge in [-0.15, -0.1) is 0 Å². The number of phenolic OH excluding ortho intramolecular Hbond substituents is 1. The van der Waals surface area contributed by atoms with Crippen molar-refractivity contribution in [1.82, 2.24) is 73.4 Å². The van der Waals surface area contributed by atoms with Crippen molar-refractivity contribution in [3.05, 3.63) is 120 Å². The van der Waals surface area contributed by atoms with Crippen LogP contribution in [0.5, 0.6) is 5.75 Å². The molecule has 0 aliphatic heterocycles. The second-order valence-corrected chi connectivity index (χ2v) is 26.9. The van der Waals surface area contributed by atoms with Crippen LogP contribution in [0, 0.1) is 11.8 Å². The van der Waals surface area contributed by atoms with E-state index in [0.717, 1.165) is 6.92 Å². The number of rotatable bonds is 44. The first kappa shape index (κ1) is 86.3. The number of imidazole rings is 1. The molecule has 0 aliphatic rings. The molecule has 582 valence electrons. The molecule has 36 heteroatoms. The van der Waals surface area contributed by atoms with Crippen molar-refractivity contribution in [2.24, 2.45) is 23.3 Å². The molecule has 2 heterocycles. The summed E-state index contributed by atoms with van der Waals surface area (Å²) >= 11 is 0. The van der Waals surface area contributed by atoms with Gasteiger partial charge in [-0.1, -0.05) is 88.4 Å². The number of para-hydroxylation sites is 1. The number of aromatic nitrogens is 3. The number of carbonyl (C=O) groups is 14. The van der Waals surface area contributed by atoms with E-state index in [-0.39, 0.29) is 55.4 Å². The third kappa shape index (κ3) is 28.2. The van der Waals surface area contributed by atoms with Crippen molar-refractivity contribution >= 4 is 93.7 Å². The van der Waals surface area contributed by atoms with Crippen LogP contribution in [0.4, 0.5) is 0 Å². The molecule has 2 aromatic heterocycles. The van der Waals surface area contributed by atoms with Crippen molar-refractivity contribution in [2.45, 2.75) is 197 Å². The molecule has 14 atom stereocenters. The van der Waals surface area contributed by atoms with Crippen LogP contribution in [0.2, 0.25) is 0 Å². The smallest absolute Gasteiger partial charge is 0.328 e. The Balaban J connectivity index is 1.46. The van der Waals surface area contributed by atoms with Crippen molar-refractivity contribution in [2.75, 3.05) is 6.61 Å². The van der Waals surface area contributed by atoms with Gasteiger partial charge in [0.05, 0.1) is 31.2 Å². The highest BCUT2D eigenvalue weighted by molar-refractivity contribution is 6.00. The molecular formula is C71H98N16O20. The number of nitrogens with two attached hydrogens (primary N) is 2. The fourth-order valence-electron chi connectivity index (χ4n) is 11.2. The molecule has 0 spiro atoms. The molecule has 5 aromatic rings. The van der Waals surface area contributed by atoms with Crippen LogP contribution in [0.15, 0.2) is 97.6 Å². The summed E-state index contributed by atoms with van der Waals surface area (Å²) in [6.45, 7) is 9.50. The topological polar surface area (TPSA) is 589 Å². The Bertz CT molecular complexity index is 3870. The summed E-state index contributed by atoms with van der Waals surface area (Å²) in [5, 5.41) is 87.9. The van der Waals surface area contributed by atoms with Gasteiger partial charge in [0.2, 0.25) is 70.9 Å². The van der Waals surface area contributed by atoms with Crippen LogP contribution in [0.3, 0.4) is 0 Å². The zero-order valence-electron chi connectivity index (χ0n) is 60.3. The Hall–Kier alpha value is -11.4. The number of carbonyl (C=O) groups excluding carboxylic acids is 12. The predicted molar refractivity (Wildman–Crippen MR) is 383 cm³/mol. The molecule has 0 unspecified atom stereocenters. The van der Waals surface area contributed by atoms with E-state index in [1.807, 2.05) is 19.2 Å². The highest BCUT2D eigenvalue weighted by Crippen LogP contribution is 2.21. The number of carboxylic acid groups (broad SMARTS) is 2.